The Morgan fingerprint density at radius 2 is 1.50 bits per heavy atom. The normalized spacial score (nSPS) is 22.1. The number of alkyl halides is 5. The van der Waals surface area contributed by atoms with Gasteiger partial charge in [0.15, 0.2) is 0 Å². The summed E-state index contributed by atoms with van der Waals surface area (Å²) in [7, 11) is -0.887. The largest absolute Gasteiger partial charge is 0.511 e. The third-order valence-electron chi connectivity index (χ3n) is 3.83. The molecule has 0 aromatic heterocycles. The molecule has 4 nitrogen and oxygen atoms in total. The Morgan fingerprint density at radius 3 is 1.86 bits per heavy atom. The Hall–Kier alpha value is -0.895. The van der Waals surface area contributed by atoms with Gasteiger partial charge in [-0.15, -0.1) is 0 Å². The van der Waals surface area contributed by atoms with E-state index in [1.54, 1.807) is 40.0 Å². The number of hydrogen-bond donors (Lipinski definition) is 1. The van der Waals surface area contributed by atoms with Gasteiger partial charge in [-0.05, 0) is 34.1 Å². The summed E-state index contributed by atoms with van der Waals surface area (Å²) in [5.41, 5.74) is 0.693. The van der Waals surface area contributed by atoms with Crippen molar-refractivity contribution in [2.75, 3.05) is 6.54 Å². The third-order valence-corrected chi connectivity index (χ3v) is 3.83. The van der Waals surface area contributed by atoms with E-state index in [1.807, 2.05) is 0 Å². The van der Waals surface area contributed by atoms with Crippen LogP contribution in [0.4, 0.5) is 22.0 Å². The lowest BCUT2D eigenvalue weighted by Gasteiger charge is -2.32. The molecule has 0 amide bonds. The lowest BCUT2D eigenvalue weighted by molar-refractivity contribution is -0.279. The minimum atomic E-state index is -5.62. The molecule has 1 saturated heterocycles. The first-order valence-corrected chi connectivity index (χ1v) is 6.83. The number of hydrazone groups is 1. The summed E-state index contributed by atoms with van der Waals surface area (Å²) in [6.45, 7) is 7.22. The Balaban J connectivity index is 2.74. The average molecular weight is 330 g/mol. The highest BCUT2D eigenvalue weighted by Crippen LogP contribution is 2.37. The van der Waals surface area contributed by atoms with Crippen molar-refractivity contribution in [1.29, 1.82) is 0 Å². The molecule has 1 aliphatic rings. The molecule has 1 N–H and O–H groups in total. The average Bonchev–Trinajstić information content (AvgIpc) is 2.52. The van der Waals surface area contributed by atoms with Crippen LogP contribution >= 0.6 is 0 Å². The van der Waals surface area contributed by atoms with E-state index in [4.69, 9.17) is 9.31 Å². The fourth-order valence-corrected chi connectivity index (χ4v) is 1.62. The second-order valence-corrected chi connectivity index (χ2v) is 6.08. The minimum Gasteiger partial charge on any atom is -0.399 e. The van der Waals surface area contributed by atoms with Crippen molar-refractivity contribution < 1.29 is 31.3 Å². The molecule has 0 unspecified atom stereocenters. The Morgan fingerprint density at radius 1 is 1.05 bits per heavy atom. The van der Waals surface area contributed by atoms with Crippen molar-refractivity contribution in [3.63, 3.8) is 0 Å². The maximum Gasteiger partial charge on any atom is 0.511 e. The Kier molecular flexibility index (Phi) is 5.18. The summed E-state index contributed by atoms with van der Waals surface area (Å²) >= 11 is 0. The van der Waals surface area contributed by atoms with Crippen LogP contribution in [-0.4, -0.2) is 42.6 Å². The highest BCUT2D eigenvalue weighted by Gasteiger charge is 2.57. The highest BCUT2D eigenvalue weighted by molar-refractivity contribution is 6.82. The van der Waals surface area contributed by atoms with E-state index < -0.39 is 37.0 Å². The molecule has 0 saturated carbocycles. The van der Waals surface area contributed by atoms with E-state index in [9.17, 15) is 22.0 Å². The fourth-order valence-electron chi connectivity index (χ4n) is 1.62. The van der Waals surface area contributed by atoms with Gasteiger partial charge in [0.05, 0.1) is 16.8 Å². The molecule has 0 atom stereocenters. The zero-order chi connectivity index (χ0) is 17.4. The highest BCUT2D eigenvalue weighted by atomic mass is 19.4. The molecule has 1 aliphatic heterocycles. The molecule has 0 bridgehead atoms. The van der Waals surface area contributed by atoms with Crippen molar-refractivity contribution in [2.24, 2.45) is 5.10 Å². The molecule has 128 valence electrons. The molecule has 1 heterocycles. The fraction of sp³-hybridized carbons (Fsp3) is 0.917. The van der Waals surface area contributed by atoms with Crippen LogP contribution in [-0.2, 0) is 9.31 Å². The van der Waals surface area contributed by atoms with E-state index in [0.717, 1.165) is 0 Å². The number of nitrogens with zero attached hydrogens (tertiary/aromatic N) is 1. The van der Waals surface area contributed by atoms with Gasteiger partial charge in [0.2, 0.25) is 0 Å². The van der Waals surface area contributed by atoms with Crippen molar-refractivity contribution in [1.82, 2.24) is 5.43 Å². The van der Waals surface area contributed by atoms with Gasteiger partial charge in [-0.25, -0.2) is 0 Å². The van der Waals surface area contributed by atoms with Crippen LogP contribution < -0.4 is 5.43 Å². The lowest BCUT2D eigenvalue weighted by Crippen LogP contribution is -2.44. The standard InChI is InChI=1S/C12H20BF5N2O2/c1-6-8(13-21-9(2,3)10(4,5)22-13)20-19-7-11(14,15)12(16,17)18/h19H,6-7H2,1-5H3/b20-8+. The smallest absolute Gasteiger partial charge is 0.399 e. The van der Waals surface area contributed by atoms with Crippen LogP contribution in [0.3, 0.4) is 0 Å². The van der Waals surface area contributed by atoms with Gasteiger partial charge in [-0.2, -0.15) is 27.1 Å². The summed E-state index contributed by atoms with van der Waals surface area (Å²) in [5.74, 6) is -4.86. The molecule has 0 aliphatic carbocycles. The summed E-state index contributed by atoms with van der Waals surface area (Å²) in [6.07, 6.45) is -5.34. The van der Waals surface area contributed by atoms with Gasteiger partial charge >= 0.3 is 19.2 Å². The third kappa shape index (κ3) is 3.89. The zero-order valence-electron chi connectivity index (χ0n) is 13.1. The van der Waals surface area contributed by atoms with E-state index >= 15 is 0 Å². The summed E-state index contributed by atoms with van der Waals surface area (Å²) in [5, 5.41) is 3.59. The Bertz CT molecular complexity index is 422. The second kappa shape index (κ2) is 5.95. The van der Waals surface area contributed by atoms with Crippen molar-refractivity contribution in [3.8, 4) is 0 Å². The van der Waals surface area contributed by atoms with E-state index in [0.29, 0.717) is 0 Å². The quantitative estimate of drug-likeness (QED) is 0.364. The van der Waals surface area contributed by atoms with Crippen LogP contribution in [0.15, 0.2) is 5.10 Å². The van der Waals surface area contributed by atoms with Crippen LogP contribution in [0, 0.1) is 0 Å². The first kappa shape index (κ1) is 19.2. The van der Waals surface area contributed by atoms with Crippen LogP contribution in [0.2, 0.25) is 0 Å². The van der Waals surface area contributed by atoms with Crippen LogP contribution in [0.25, 0.3) is 0 Å². The molecule has 0 spiro atoms. The Labute approximate surface area is 126 Å². The lowest BCUT2D eigenvalue weighted by atomic mass is 9.80. The minimum absolute atomic E-state index is 0.219. The van der Waals surface area contributed by atoms with Crippen LogP contribution in [0.5, 0.6) is 0 Å². The molecule has 1 fully saturated rings. The predicted molar refractivity (Wildman–Crippen MR) is 72.8 cm³/mol. The maximum atomic E-state index is 12.8. The monoisotopic (exact) mass is 330 g/mol. The van der Waals surface area contributed by atoms with Gasteiger partial charge in [0.1, 0.15) is 6.54 Å². The first-order chi connectivity index (χ1) is 9.73. The number of nitrogens with one attached hydrogen (secondary N) is 1. The molecule has 0 aromatic rings. The van der Waals surface area contributed by atoms with Crippen LogP contribution in [0.1, 0.15) is 41.0 Å². The molecule has 1 rings (SSSR count). The van der Waals surface area contributed by atoms with E-state index in [1.165, 1.54) is 0 Å². The predicted octanol–water partition coefficient (Wildman–Crippen LogP) is 3.17. The van der Waals surface area contributed by atoms with E-state index in [-0.39, 0.29) is 12.0 Å². The molecular weight excluding hydrogens is 310 g/mol. The summed E-state index contributed by atoms with van der Waals surface area (Å²) in [4.78, 5) is 0. The number of rotatable bonds is 5. The maximum absolute atomic E-state index is 12.8. The van der Waals surface area contributed by atoms with Gasteiger partial charge in [0.25, 0.3) is 0 Å². The van der Waals surface area contributed by atoms with Gasteiger partial charge < -0.3 is 14.7 Å². The molecule has 10 heteroatoms. The summed E-state index contributed by atoms with van der Waals surface area (Å²) in [6, 6.07) is 0. The van der Waals surface area contributed by atoms with Gasteiger partial charge in [0, 0.05) is 0 Å². The van der Waals surface area contributed by atoms with Crippen molar-refractivity contribution in [3.05, 3.63) is 0 Å². The molecule has 0 aromatic carbocycles. The number of halogens is 5. The van der Waals surface area contributed by atoms with E-state index in [2.05, 4.69) is 5.10 Å². The van der Waals surface area contributed by atoms with Crippen molar-refractivity contribution >= 4 is 12.7 Å². The topological polar surface area (TPSA) is 42.9 Å². The molecule has 22 heavy (non-hydrogen) atoms. The SMILES string of the molecule is CC/C(=N\NCC(F)(F)C(F)(F)F)B1OC(C)(C)C(C)(C)O1. The van der Waals surface area contributed by atoms with Gasteiger partial charge in [-0.1, -0.05) is 6.92 Å². The molecule has 0 radical (unpaired) electrons. The zero-order valence-corrected chi connectivity index (χ0v) is 13.1. The molecular formula is C12H20BF5N2O2. The van der Waals surface area contributed by atoms with Crippen molar-refractivity contribution in [2.45, 2.75) is 64.3 Å². The first-order valence-electron chi connectivity index (χ1n) is 6.83. The van der Waals surface area contributed by atoms with Gasteiger partial charge in [-0.3, -0.25) is 0 Å². The second-order valence-electron chi connectivity index (χ2n) is 6.08. The number of hydrogen-bond acceptors (Lipinski definition) is 4. The summed E-state index contributed by atoms with van der Waals surface area (Å²) < 4.78 is 73.1.